The zero-order valence-corrected chi connectivity index (χ0v) is 13.3. The van der Waals surface area contributed by atoms with Crippen molar-refractivity contribution < 1.29 is 0 Å². The summed E-state index contributed by atoms with van der Waals surface area (Å²) in [6, 6.07) is 1.38. The maximum absolute atomic E-state index is 2.67. The van der Waals surface area contributed by atoms with Gasteiger partial charge in [-0.2, -0.15) is 0 Å². The number of hydrogen-bond acceptors (Lipinski definition) is 1. The predicted molar refractivity (Wildman–Crippen MR) is 77.7 cm³/mol. The second kappa shape index (κ2) is 8.29. The third kappa shape index (κ3) is 6.58. The average Bonchev–Trinajstić information content (AvgIpc) is 2.09. The monoisotopic (exact) mass is 329 g/mol. The summed E-state index contributed by atoms with van der Waals surface area (Å²) in [4.78, 5) is 2.62. The summed E-state index contributed by atoms with van der Waals surface area (Å²) in [6.45, 7) is 11.5. The van der Waals surface area contributed by atoms with Crippen molar-refractivity contribution in [3.8, 4) is 0 Å². The van der Waals surface area contributed by atoms with Gasteiger partial charge in [0.1, 0.15) is 0 Å². The molecule has 0 aliphatic heterocycles. The fraction of sp³-hybridized carbons (Fsp3) is 1.00. The van der Waals surface area contributed by atoms with Crippen LogP contribution in [-0.4, -0.2) is 29.4 Å². The molecule has 1 nitrogen and oxygen atoms in total. The molecule has 1 atom stereocenters. The summed E-state index contributed by atoms with van der Waals surface area (Å²) in [5, 5.41) is 0. The van der Waals surface area contributed by atoms with Crippen molar-refractivity contribution in [2.75, 3.05) is 12.4 Å². The van der Waals surface area contributed by atoms with E-state index in [1.165, 1.54) is 25.3 Å². The van der Waals surface area contributed by atoms with Crippen molar-refractivity contribution >= 4 is 27.6 Å². The average molecular weight is 329 g/mol. The highest BCUT2D eigenvalue weighted by atomic mass is 127. The lowest BCUT2D eigenvalue weighted by atomic mass is 10.2. The largest absolute Gasteiger partial charge is 0.294 e. The number of nitrogens with zero attached hydrogens (tertiary/aromatic N) is 1. The number of halogens is 1. The molecule has 0 aliphatic rings. The van der Waals surface area contributed by atoms with Crippen molar-refractivity contribution in [2.24, 2.45) is 0 Å². The molecule has 3 heteroatoms. The highest BCUT2D eigenvalue weighted by molar-refractivity contribution is 14.2. The van der Waals surface area contributed by atoms with Gasteiger partial charge in [0.2, 0.25) is 0 Å². The SMILES string of the molecule is CCCCP(I)CN(C(C)C)C(C)C. The van der Waals surface area contributed by atoms with Crippen LogP contribution in [0.4, 0.5) is 0 Å². The van der Waals surface area contributed by atoms with E-state index in [1.54, 1.807) is 0 Å². The highest BCUT2D eigenvalue weighted by Gasteiger charge is 2.16. The van der Waals surface area contributed by atoms with Crippen LogP contribution in [0.25, 0.3) is 0 Å². The quantitative estimate of drug-likeness (QED) is 0.484. The molecule has 0 amide bonds. The smallest absolute Gasteiger partial charge is 0.0281 e. The van der Waals surface area contributed by atoms with E-state index in [4.69, 9.17) is 0 Å². The minimum Gasteiger partial charge on any atom is -0.294 e. The van der Waals surface area contributed by atoms with Gasteiger partial charge >= 0.3 is 0 Å². The lowest BCUT2D eigenvalue weighted by Crippen LogP contribution is -2.36. The van der Waals surface area contributed by atoms with Crippen molar-refractivity contribution in [3.05, 3.63) is 0 Å². The minimum atomic E-state index is 0.205. The van der Waals surface area contributed by atoms with Crippen molar-refractivity contribution in [2.45, 2.75) is 59.5 Å². The Morgan fingerprint density at radius 2 is 1.64 bits per heavy atom. The second-order valence-electron chi connectivity index (χ2n) is 4.38. The van der Waals surface area contributed by atoms with Crippen LogP contribution in [0.3, 0.4) is 0 Å². The maximum atomic E-state index is 2.67. The van der Waals surface area contributed by atoms with Crippen LogP contribution in [0.1, 0.15) is 47.5 Å². The Bertz CT molecular complexity index is 131. The Morgan fingerprint density at radius 3 is 2.00 bits per heavy atom. The summed E-state index contributed by atoms with van der Waals surface area (Å²) < 4.78 is 0. The molecular weight excluding hydrogens is 304 g/mol. The molecule has 0 aromatic heterocycles. The first-order chi connectivity index (χ1) is 6.49. The van der Waals surface area contributed by atoms with Crippen LogP contribution in [0.5, 0.6) is 0 Å². The molecule has 0 aliphatic carbocycles. The molecule has 0 aromatic carbocycles. The molecular formula is C11H25INP. The van der Waals surface area contributed by atoms with Crippen LogP contribution in [0, 0.1) is 0 Å². The highest BCUT2D eigenvalue weighted by Crippen LogP contribution is 2.46. The molecule has 0 aromatic rings. The Labute approximate surface area is 104 Å². The fourth-order valence-electron chi connectivity index (χ4n) is 1.50. The van der Waals surface area contributed by atoms with E-state index in [0.717, 1.165) is 0 Å². The first kappa shape index (κ1) is 15.1. The number of rotatable bonds is 7. The third-order valence-electron chi connectivity index (χ3n) is 2.40. The number of hydrogen-bond donors (Lipinski definition) is 0. The second-order valence-corrected chi connectivity index (χ2v) is 10.1. The standard InChI is InChI=1S/C11H25INP/c1-6-7-8-14(12)9-13(10(2)3)11(4)5/h10-11H,6-9H2,1-5H3. The van der Waals surface area contributed by atoms with Gasteiger partial charge in [0.15, 0.2) is 0 Å². The van der Waals surface area contributed by atoms with Gasteiger partial charge in [-0.05, 0) is 45.8 Å². The summed E-state index contributed by atoms with van der Waals surface area (Å²) in [5.41, 5.74) is 0.205. The normalized spacial score (nSPS) is 14.4. The van der Waals surface area contributed by atoms with E-state index < -0.39 is 0 Å². The van der Waals surface area contributed by atoms with Gasteiger partial charge in [-0.1, -0.05) is 35.4 Å². The summed E-state index contributed by atoms with van der Waals surface area (Å²) in [5.74, 6) is 0. The maximum Gasteiger partial charge on any atom is 0.0281 e. The summed E-state index contributed by atoms with van der Waals surface area (Å²) in [6.07, 6.45) is 5.48. The topological polar surface area (TPSA) is 3.24 Å². The molecule has 0 radical (unpaired) electrons. The Morgan fingerprint density at radius 1 is 1.14 bits per heavy atom. The van der Waals surface area contributed by atoms with E-state index in [-0.39, 0.29) is 5.56 Å². The van der Waals surface area contributed by atoms with Gasteiger partial charge < -0.3 is 0 Å². The number of unbranched alkanes of at least 4 members (excludes halogenated alkanes) is 1. The molecule has 0 fully saturated rings. The lowest BCUT2D eigenvalue weighted by Gasteiger charge is -2.32. The zero-order chi connectivity index (χ0) is 11.1. The molecule has 1 unspecified atom stereocenters. The zero-order valence-electron chi connectivity index (χ0n) is 10.3. The van der Waals surface area contributed by atoms with Crippen LogP contribution in [-0.2, 0) is 0 Å². The molecule has 0 rings (SSSR count). The molecule has 0 bridgehead atoms. The molecule has 0 saturated carbocycles. The van der Waals surface area contributed by atoms with Crippen LogP contribution >= 0.6 is 27.6 Å². The predicted octanol–water partition coefficient (Wildman–Crippen LogP) is 4.69. The van der Waals surface area contributed by atoms with Crippen molar-refractivity contribution in [1.82, 2.24) is 4.90 Å². The van der Waals surface area contributed by atoms with Crippen LogP contribution < -0.4 is 0 Å². The summed E-state index contributed by atoms with van der Waals surface area (Å²) in [7, 11) is 0. The Kier molecular flexibility index (Phi) is 8.96. The molecule has 0 heterocycles. The van der Waals surface area contributed by atoms with E-state index in [2.05, 4.69) is 61.6 Å². The first-order valence-electron chi connectivity index (χ1n) is 5.65. The van der Waals surface area contributed by atoms with E-state index in [0.29, 0.717) is 12.1 Å². The van der Waals surface area contributed by atoms with Gasteiger partial charge in [0.25, 0.3) is 0 Å². The van der Waals surface area contributed by atoms with E-state index >= 15 is 0 Å². The fourth-order valence-corrected chi connectivity index (χ4v) is 5.39. The van der Waals surface area contributed by atoms with Gasteiger partial charge in [-0.3, -0.25) is 4.90 Å². The first-order valence-corrected chi connectivity index (χ1v) is 10.1. The molecule has 14 heavy (non-hydrogen) atoms. The Balaban J connectivity index is 3.90. The van der Waals surface area contributed by atoms with Crippen molar-refractivity contribution in [1.29, 1.82) is 0 Å². The Hall–Kier alpha value is 1.12. The van der Waals surface area contributed by atoms with Crippen molar-refractivity contribution in [3.63, 3.8) is 0 Å². The molecule has 0 spiro atoms. The lowest BCUT2D eigenvalue weighted by molar-refractivity contribution is 0.209. The minimum absolute atomic E-state index is 0.205. The molecule has 0 saturated heterocycles. The van der Waals surface area contributed by atoms with Crippen LogP contribution in [0.2, 0.25) is 0 Å². The molecule has 0 N–H and O–H groups in total. The summed E-state index contributed by atoms with van der Waals surface area (Å²) >= 11 is 2.67. The third-order valence-corrected chi connectivity index (χ3v) is 6.20. The van der Waals surface area contributed by atoms with Gasteiger partial charge in [-0.15, -0.1) is 0 Å². The van der Waals surface area contributed by atoms with E-state index in [1.807, 2.05) is 0 Å². The van der Waals surface area contributed by atoms with E-state index in [9.17, 15) is 0 Å². The van der Waals surface area contributed by atoms with Gasteiger partial charge in [0.05, 0.1) is 0 Å². The van der Waals surface area contributed by atoms with Crippen LogP contribution in [0.15, 0.2) is 0 Å². The van der Waals surface area contributed by atoms with Gasteiger partial charge in [-0.25, -0.2) is 0 Å². The molecule has 86 valence electrons. The van der Waals surface area contributed by atoms with Gasteiger partial charge in [0, 0.05) is 18.4 Å².